The Bertz CT molecular complexity index is 1190. The zero-order valence-corrected chi connectivity index (χ0v) is 20.3. The van der Waals surface area contributed by atoms with E-state index in [1.54, 1.807) is 55.6 Å². The molecule has 7 heteroatoms. The summed E-state index contributed by atoms with van der Waals surface area (Å²) in [6.45, 7) is 0.443. The highest BCUT2D eigenvalue weighted by atomic mass is 35.5. The second-order valence-corrected chi connectivity index (χ2v) is 8.97. The molecule has 0 aromatic heterocycles. The first-order chi connectivity index (χ1) is 16.4. The number of halogens is 1. The molecule has 0 saturated heterocycles. The Kier molecular flexibility index (Phi) is 7.08. The number of nitrogens with one attached hydrogen (secondary N) is 1. The molecule has 6 nitrogen and oxygen atoms in total. The van der Waals surface area contributed by atoms with Crippen molar-refractivity contribution in [2.45, 2.75) is 25.4 Å². The third kappa shape index (κ3) is 5.34. The first kappa shape index (κ1) is 23.6. The molecule has 176 valence electrons. The smallest absolute Gasteiger partial charge is 0.257 e. The predicted octanol–water partition coefficient (Wildman–Crippen LogP) is 5.47. The van der Waals surface area contributed by atoms with Gasteiger partial charge in [-0.1, -0.05) is 23.7 Å². The van der Waals surface area contributed by atoms with Crippen LogP contribution in [-0.4, -0.2) is 44.0 Å². The fourth-order valence-corrected chi connectivity index (χ4v) is 4.13. The Morgan fingerprint density at radius 3 is 2.35 bits per heavy atom. The maximum absolute atomic E-state index is 13.4. The van der Waals surface area contributed by atoms with E-state index in [-0.39, 0.29) is 17.9 Å². The molecule has 1 saturated carbocycles. The van der Waals surface area contributed by atoms with E-state index in [0.717, 1.165) is 24.1 Å². The van der Waals surface area contributed by atoms with Gasteiger partial charge in [-0.05, 0) is 73.0 Å². The summed E-state index contributed by atoms with van der Waals surface area (Å²) in [4.78, 5) is 30.1. The molecule has 1 fully saturated rings. The summed E-state index contributed by atoms with van der Waals surface area (Å²) < 4.78 is 5.22. The van der Waals surface area contributed by atoms with E-state index < -0.39 is 0 Å². The predicted molar refractivity (Wildman–Crippen MR) is 136 cm³/mol. The Balaban J connectivity index is 1.60. The summed E-state index contributed by atoms with van der Waals surface area (Å²) in [5.74, 6) is 0.425. The van der Waals surface area contributed by atoms with Crippen molar-refractivity contribution in [2.24, 2.45) is 0 Å². The van der Waals surface area contributed by atoms with Crippen molar-refractivity contribution >= 4 is 34.8 Å². The first-order valence-corrected chi connectivity index (χ1v) is 11.6. The van der Waals surface area contributed by atoms with Crippen LogP contribution in [0.25, 0.3) is 0 Å². The minimum atomic E-state index is -0.275. The van der Waals surface area contributed by atoms with E-state index in [9.17, 15) is 9.59 Å². The van der Waals surface area contributed by atoms with Gasteiger partial charge in [0.05, 0.1) is 17.7 Å². The number of anilines is 2. The Morgan fingerprint density at radius 2 is 1.74 bits per heavy atom. The molecule has 0 aliphatic heterocycles. The molecule has 0 heterocycles. The van der Waals surface area contributed by atoms with Crippen LogP contribution in [-0.2, 0) is 6.54 Å². The van der Waals surface area contributed by atoms with Crippen LogP contribution in [0.2, 0.25) is 5.02 Å². The summed E-state index contributed by atoms with van der Waals surface area (Å²) in [5.41, 5.74) is 3.64. The summed E-state index contributed by atoms with van der Waals surface area (Å²) in [6, 6.07) is 20.1. The molecule has 34 heavy (non-hydrogen) atoms. The first-order valence-electron chi connectivity index (χ1n) is 11.2. The van der Waals surface area contributed by atoms with Gasteiger partial charge in [0.1, 0.15) is 5.75 Å². The Morgan fingerprint density at radius 1 is 1.03 bits per heavy atom. The Hall–Kier alpha value is -3.51. The number of benzene rings is 3. The SMILES string of the molecule is COc1ccc(C(=O)N(Cc2cc(NC(=O)c3ccccc3Cl)ccc2N(C)C)C2CC2)cc1. The van der Waals surface area contributed by atoms with Crippen LogP contribution in [0.15, 0.2) is 66.7 Å². The van der Waals surface area contributed by atoms with Crippen molar-refractivity contribution in [1.29, 1.82) is 0 Å². The van der Waals surface area contributed by atoms with Gasteiger partial charge in [0, 0.05) is 43.6 Å². The summed E-state index contributed by atoms with van der Waals surface area (Å²) >= 11 is 6.19. The molecule has 0 bridgehead atoms. The summed E-state index contributed by atoms with van der Waals surface area (Å²) in [5, 5.41) is 3.34. The fourth-order valence-electron chi connectivity index (χ4n) is 3.91. The van der Waals surface area contributed by atoms with Crippen molar-refractivity contribution in [3.8, 4) is 5.75 Å². The quantitative estimate of drug-likeness (QED) is 0.467. The molecule has 3 aromatic carbocycles. The monoisotopic (exact) mass is 477 g/mol. The fraction of sp³-hybridized carbons (Fsp3) is 0.259. The van der Waals surface area contributed by atoms with Gasteiger partial charge < -0.3 is 19.9 Å². The van der Waals surface area contributed by atoms with E-state index in [0.29, 0.717) is 34.1 Å². The van der Waals surface area contributed by atoms with Crippen LogP contribution < -0.4 is 15.0 Å². The molecular weight excluding hydrogens is 450 g/mol. The van der Waals surface area contributed by atoms with Crippen LogP contribution in [0.1, 0.15) is 39.1 Å². The normalized spacial score (nSPS) is 12.7. The molecule has 0 spiro atoms. The van der Waals surface area contributed by atoms with Crippen LogP contribution in [0.3, 0.4) is 0 Å². The van der Waals surface area contributed by atoms with E-state index in [1.807, 2.05) is 42.1 Å². The minimum absolute atomic E-state index is 0.0136. The molecule has 0 unspecified atom stereocenters. The average Bonchev–Trinajstić information content (AvgIpc) is 3.67. The number of carbonyl (C=O) groups is 2. The zero-order chi connectivity index (χ0) is 24.2. The van der Waals surface area contributed by atoms with Gasteiger partial charge in [0.15, 0.2) is 0 Å². The highest BCUT2D eigenvalue weighted by Gasteiger charge is 2.33. The van der Waals surface area contributed by atoms with E-state index in [4.69, 9.17) is 16.3 Å². The zero-order valence-electron chi connectivity index (χ0n) is 19.5. The number of methoxy groups -OCH3 is 1. The highest BCUT2D eigenvalue weighted by Crippen LogP contribution is 2.33. The maximum Gasteiger partial charge on any atom is 0.257 e. The largest absolute Gasteiger partial charge is 0.497 e. The number of carbonyl (C=O) groups excluding carboxylic acids is 2. The van der Waals surface area contributed by atoms with Gasteiger partial charge >= 0.3 is 0 Å². The second kappa shape index (κ2) is 10.2. The third-order valence-corrected chi connectivity index (χ3v) is 6.19. The topological polar surface area (TPSA) is 61.9 Å². The lowest BCUT2D eigenvalue weighted by molar-refractivity contribution is 0.0730. The average molecular weight is 478 g/mol. The summed E-state index contributed by atoms with van der Waals surface area (Å²) in [6.07, 6.45) is 1.98. The molecule has 4 rings (SSSR count). The number of ether oxygens (including phenoxy) is 1. The molecule has 2 amide bonds. The number of hydrogen-bond acceptors (Lipinski definition) is 4. The maximum atomic E-state index is 13.4. The van der Waals surface area contributed by atoms with E-state index in [1.165, 1.54) is 0 Å². The molecule has 1 N–H and O–H groups in total. The molecular formula is C27H28ClN3O3. The van der Waals surface area contributed by atoms with Crippen molar-refractivity contribution in [3.63, 3.8) is 0 Å². The number of nitrogens with zero attached hydrogens (tertiary/aromatic N) is 2. The number of hydrogen-bond donors (Lipinski definition) is 1. The van der Waals surface area contributed by atoms with Gasteiger partial charge in [0.25, 0.3) is 11.8 Å². The van der Waals surface area contributed by atoms with Crippen LogP contribution in [0, 0.1) is 0 Å². The molecule has 3 aromatic rings. The minimum Gasteiger partial charge on any atom is -0.497 e. The van der Waals surface area contributed by atoms with Gasteiger partial charge in [-0.15, -0.1) is 0 Å². The summed E-state index contributed by atoms with van der Waals surface area (Å²) in [7, 11) is 5.54. The van der Waals surface area contributed by atoms with Crippen LogP contribution in [0.4, 0.5) is 11.4 Å². The van der Waals surface area contributed by atoms with E-state index >= 15 is 0 Å². The molecule has 1 aliphatic rings. The van der Waals surface area contributed by atoms with Crippen LogP contribution >= 0.6 is 11.6 Å². The van der Waals surface area contributed by atoms with E-state index in [2.05, 4.69) is 5.32 Å². The van der Waals surface area contributed by atoms with Crippen LogP contribution in [0.5, 0.6) is 5.75 Å². The highest BCUT2D eigenvalue weighted by molar-refractivity contribution is 6.34. The Labute approximate surface area is 205 Å². The van der Waals surface area contributed by atoms with Gasteiger partial charge in [0.2, 0.25) is 0 Å². The molecule has 0 radical (unpaired) electrons. The standard InChI is InChI=1S/C27H28ClN3O3/c1-30(2)25-15-10-20(29-26(32)23-6-4-5-7-24(23)28)16-19(25)17-31(21-11-12-21)27(33)18-8-13-22(34-3)14-9-18/h4-10,13-16,21H,11-12,17H2,1-3H3,(H,29,32). The van der Waals surface area contributed by atoms with Crippen molar-refractivity contribution in [2.75, 3.05) is 31.4 Å². The lowest BCUT2D eigenvalue weighted by atomic mass is 10.1. The molecule has 0 atom stereocenters. The van der Waals surface area contributed by atoms with Gasteiger partial charge in [-0.25, -0.2) is 0 Å². The van der Waals surface area contributed by atoms with Gasteiger partial charge in [-0.2, -0.15) is 0 Å². The van der Waals surface area contributed by atoms with Crippen molar-refractivity contribution in [3.05, 3.63) is 88.4 Å². The lowest BCUT2D eigenvalue weighted by Crippen LogP contribution is -2.33. The lowest BCUT2D eigenvalue weighted by Gasteiger charge is -2.26. The van der Waals surface area contributed by atoms with Crippen molar-refractivity contribution in [1.82, 2.24) is 4.90 Å². The second-order valence-electron chi connectivity index (χ2n) is 8.56. The number of amides is 2. The number of rotatable bonds is 8. The third-order valence-electron chi connectivity index (χ3n) is 5.86. The molecule has 1 aliphatic carbocycles. The van der Waals surface area contributed by atoms with Gasteiger partial charge in [-0.3, -0.25) is 9.59 Å². The van der Waals surface area contributed by atoms with Crippen molar-refractivity contribution < 1.29 is 14.3 Å².